The first kappa shape index (κ1) is 13.9. The van der Waals surface area contributed by atoms with Gasteiger partial charge < -0.3 is 5.32 Å². The predicted molar refractivity (Wildman–Crippen MR) is 65.2 cm³/mol. The first-order valence-electron chi connectivity index (χ1n) is 6.24. The lowest BCUT2D eigenvalue weighted by atomic mass is 9.92. The summed E-state index contributed by atoms with van der Waals surface area (Å²) in [6, 6.07) is 0.930. The minimum absolute atomic E-state index is 0.0913. The average molecular weight is 271 g/mol. The number of hydrogen-bond donors (Lipinski definition) is 1. The van der Waals surface area contributed by atoms with E-state index in [1.807, 2.05) is 0 Å². The second-order valence-corrected chi connectivity index (χ2v) is 5.82. The summed E-state index contributed by atoms with van der Waals surface area (Å²) in [5.74, 6) is -4.20. The van der Waals surface area contributed by atoms with Gasteiger partial charge in [0.25, 0.3) is 5.91 Å². The van der Waals surface area contributed by atoms with E-state index in [1.165, 1.54) is 0 Å². The Morgan fingerprint density at radius 2 is 1.84 bits per heavy atom. The van der Waals surface area contributed by atoms with Crippen molar-refractivity contribution in [1.29, 1.82) is 0 Å². The number of hydrogen-bond acceptors (Lipinski definition) is 1. The van der Waals surface area contributed by atoms with Crippen LogP contribution in [0.5, 0.6) is 0 Å². The zero-order valence-electron chi connectivity index (χ0n) is 10.9. The molecule has 1 aliphatic rings. The van der Waals surface area contributed by atoms with Crippen LogP contribution in [0.1, 0.15) is 43.5 Å². The van der Waals surface area contributed by atoms with Crippen LogP contribution in [0.25, 0.3) is 0 Å². The molecule has 5 heteroatoms. The topological polar surface area (TPSA) is 29.1 Å². The van der Waals surface area contributed by atoms with Crippen molar-refractivity contribution < 1.29 is 18.0 Å². The number of rotatable bonds is 2. The van der Waals surface area contributed by atoms with Crippen molar-refractivity contribution in [3.63, 3.8) is 0 Å². The second-order valence-electron chi connectivity index (χ2n) is 5.82. The molecule has 0 aromatic heterocycles. The Balaban J connectivity index is 2.13. The molecule has 19 heavy (non-hydrogen) atoms. The highest BCUT2D eigenvalue weighted by atomic mass is 19.1. The van der Waals surface area contributed by atoms with E-state index in [0.717, 1.165) is 19.3 Å². The van der Waals surface area contributed by atoms with E-state index < -0.39 is 28.9 Å². The van der Waals surface area contributed by atoms with Gasteiger partial charge in [-0.1, -0.05) is 13.8 Å². The summed E-state index contributed by atoms with van der Waals surface area (Å²) in [5, 5.41) is 2.61. The van der Waals surface area contributed by atoms with Crippen molar-refractivity contribution >= 4 is 5.91 Å². The van der Waals surface area contributed by atoms with Crippen LogP contribution in [0.15, 0.2) is 12.1 Å². The number of carbonyl (C=O) groups excluding carboxylic acids is 1. The molecule has 1 fully saturated rings. The maximum Gasteiger partial charge on any atom is 0.257 e. The molecule has 104 valence electrons. The summed E-state index contributed by atoms with van der Waals surface area (Å²) in [6.45, 7) is 4.16. The molecule has 1 unspecified atom stereocenters. The van der Waals surface area contributed by atoms with Crippen LogP contribution in [0, 0.1) is 22.9 Å². The smallest absolute Gasteiger partial charge is 0.257 e. The molecular weight excluding hydrogens is 255 g/mol. The van der Waals surface area contributed by atoms with Gasteiger partial charge in [-0.3, -0.25) is 4.79 Å². The SMILES string of the molecule is CC1(C)CCC(NC(=O)c2c(F)cc(F)cc2F)C1. The molecule has 0 radical (unpaired) electrons. The highest BCUT2D eigenvalue weighted by Gasteiger charge is 2.32. The Bertz CT molecular complexity index is 490. The van der Waals surface area contributed by atoms with Crippen molar-refractivity contribution in [3.8, 4) is 0 Å². The highest BCUT2D eigenvalue weighted by molar-refractivity contribution is 5.95. The third kappa shape index (κ3) is 3.08. The monoisotopic (exact) mass is 271 g/mol. The molecule has 1 aliphatic carbocycles. The van der Waals surface area contributed by atoms with Gasteiger partial charge in [-0.25, -0.2) is 13.2 Å². The maximum atomic E-state index is 13.4. The van der Waals surface area contributed by atoms with Gasteiger partial charge in [0.15, 0.2) is 0 Å². The number of amides is 1. The molecule has 0 bridgehead atoms. The van der Waals surface area contributed by atoms with Crippen molar-refractivity contribution in [2.24, 2.45) is 5.41 Å². The minimum atomic E-state index is -1.17. The Kier molecular flexibility index (Phi) is 3.56. The normalized spacial score (nSPS) is 21.4. The molecule has 1 N–H and O–H groups in total. The van der Waals surface area contributed by atoms with E-state index in [9.17, 15) is 18.0 Å². The largest absolute Gasteiger partial charge is 0.349 e. The van der Waals surface area contributed by atoms with Crippen LogP contribution in [-0.2, 0) is 0 Å². The lowest BCUT2D eigenvalue weighted by molar-refractivity contribution is 0.0927. The number of benzene rings is 1. The second kappa shape index (κ2) is 4.87. The maximum absolute atomic E-state index is 13.4. The van der Waals surface area contributed by atoms with E-state index in [-0.39, 0.29) is 11.5 Å². The zero-order chi connectivity index (χ0) is 14.2. The van der Waals surface area contributed by atoms with Crippen LogP contribution in [-0.4, -0.2) is 11.9 Å². The van der Waals surface area contributed by atoms with Gasteiger partial charge in [0.1, 0.15) is 23.0 Å². The molecule has 0 heterocycles. The molecule has 0 saturated heterocycles. The van der Waals surface area contributed by atoms with Crippen LogP contribution in [0.4, 0.5) is 13.2 Å². The van der Waals surface area contributed by atoms with Crippen LogP contribution in [0.2, 0.25) is 0 Å². The predicted octanol–water partition coefficient (Wildman–Crippen LogP) is 3.41. The van der Waals surface area contributed by atoms with Crippen LogP contribution < -0.4 is 5.32 Å². The molecule has 1 aromatic rings. The van der Waals surface area contributed by atoms with Gasteiger partial charge in [-0.2, -0.15) is 0 Å². The van der Waals surface area contributed by atoms with Crippen molar-refractivity contribution in [3.05, 3.63) is 35.1 Å². The van der Waals surface area contributed by atoms with Crippen molar-refractivity contribution in [1.82, 2.24) is 5.32 Å². The summed E-state index contributed by atoms with van der Waals surface area (Å²) < 4.78 is 39.7. The number of carbonyl (C=O) groups is 1. The van der Waals surface area contributed by atoms with Gasteiger partial charge in [0.05, 0.1) is 0 Å². The molecule has 1 atom stereocenters. The van der Waals surface area contributed by atoms with Crippen molar-refractivity contribution in [2.45, 2.75) is 39.2 Å². The molecule has 1 saturated carbocycles. The fourth-order valence-electron chi connectivity index (χ4n) is 2.58. The molecule has 1 aromatic carbocycles. The molecule has 2 rings (SSSR count). The van der Waals surface area contributed by atoms with Gasteiger partial charge in [-0.05, 0) is 24.7 Å². The molecule has 0 aliphatic heterocycles. The zero-order valence-corrected chi connectivity index (χ0v) is 10.9. The lowest BCUT2D eigenvalue weighted by Gasteiger charge is -2.18. The van der Waals surface area contributed by atoms with E-state index in [0.29, 0.717) is 12.1 Å². The molecule has 1 amide bonds. The summed E-state index contributed by atoms with van der Waals surface area (Å²) in [7, 11) is 0. The third-order valence-corrected chi connectivity index (χ3v) is 3.54. The van der Waals surface area contributed by atoms with Crippen LogP contribution >= 0.6 is 0 Å². The van der Waals surface area contributed by atoms with Crippen LogP contribution in [0.3, 0.4) is 0 Å². The summed E-state index contributed by atoms with van der Waals surface area (Å²) in [6.07, 6.45) is 2.50. The third-order valence-electron chi connectivity index (χ3n) is 3.54. The van der Waals surface area contributed by atoms with E-state index in [2.05, 4.69) is 19.2 Å². The summed E-state index contributed by atoms with van der Waals surface area (Å²) >= 11 is 0. The Morgan fingerprint density at radius 3 is 2.32 bits per heavy atom. The highest BCUT2D eigenvalue weighted by Crippen LogP contribution is 2.37. The first-order valence-corrected chi connectivity index (χ1v) is 6.24. The van der Waals surface area contributed by atoms with Gasteiger partial charge in [0.2, 0.25) is 0 Å². The Labute approximate surface area is 110 Å². The Hall–Kier alpha value is -1.52. The quantitative estimate of drug-likeness (QED) is 0.877. The minimum Gasteiger partial charge on any atom is -0.349 e. The summed E-state index contributed by atoms with van der Waals surface area (Å²) in [4.78, 5) is 11.9. The van der Waals surface area contributed by atoms with E-state index in [4.69, 9.17) is 0 Å². The Morgan fingerprint density at radius 1 is 1.26 bits per heavy atom. The first-order chi connectivity index (χ1) is 8.78. The van der Waals surface area contributed by atoms with E-state index >= 15 is 0 Å². The standard InChI is InChI=1S/C14H16F3NO/c1-14(2)4-3-9(7-14)18-13(19)12-10(16)5-8(15)6-11(12)17/h5-6,9H,3-4,7H2,1-2H3,(H,18,19). The van der Waals surface area contributed by atoms with Gasteiger partial charge in [-0.15, -0.1) is 0 Å². The van der Waals surface area contributed by atoms with E-state index in [1.54, 1.807) is 0 Å². The lowest BCUT2D eigenvalue weighted by Crippen LogP contribution is -2.34. The van der Waals surface area contributed by atoms with Crippen molar-refractivity contribution in [2.75, 3.05) is 0 Å². The fraction of sp³-hybridized carbons (Fsp3) is 0.500. The van der Waals surface area contributed by atoms with Gasteiger partial charge >= 0.3 is 0 Å². The van der Waals surface area contributed by atoms with Gasteiger partial charge in [0, 0.05) is 18.2 Å². The summed E-state index contributed by atoms with van der Waals surface area (Å²) in [5.41, 5.74) is -0.594. The number of halogens is 3. The fourth-order valence-corrected chi connectivity index (χ4v) is 2.58. The average Bonchev–Trinajstić information content (AvgIpc) is 2.56. The molecule has 0 spiro atoms. The molecular formula is C14H16F3NO. The number of nitrogens with one attached hydrogen (secondary N) is 1. The molecule has 2 nitrogen and oxygen atoms in total.